The van der Waals surface area contributed by atoms with Crippen LogP contribution in [0.15, 0.2) is 42.5 Å². The zero-order valence-electron chi connectivity index (χ0n) is 13.3. The van der Waals surface area contributed by atoms with Gasteiger partial charge in [-0.1, -0.05) is 35.9 Å². The molecule has 1 N–H and O–H groups in total. The van der Waals surface area contributed by atoms with Crippen molar-refractivity contribution >= 4 is 11.6 Å². The fraction of sp³-hybridized carbons (Fsp3) is 0.333. The van der Waals surface area contributed by atoms with Crippen molar-refractivity contribution in [3.05, 3.63) is 64.2 Å². The van der Waals surface area contributed by atoms with Crippen LogP contribution in [0.4, 0.5) is 13.2 Å². The van der Waals surface area contributed by atoms with Crippen molar-refractivity contribution in [1.82, 2.24) is 5.32 Å². The fourth-order valence-electron chi connectivity index (χ4n) is 2.69. The molecule has 0 saturated carbocycles. The Balaban J connectivity index is 1.72. The second kappa shape index (κ2) is 7.64. The van der Waals surface area contributed by atoms with E-state index in [-0.39, 0.29) is 18.3 Å². The van der Waals surface area contributed by atoms with Crippen LogP contribution in [0.5, 0.6) is 5.75 Å². The van der Waals surface area contributed by atoms with Crippen LogP contribution in [0.25, 0.3) is 0 Å². The van der Waals surface area contributed by atoms with Gasteiger partial charge in [-0.2, -0.15) is 13.2 Å². The van der Waals surface area contributed by atoms with Crippen molar-refractivity contribution in [2.24, 2.45) is 0 Å². The predicted molar refractivity (Wildman–Crippen MR) is 88.8 cm³/mol. The van der Waals surface area contributed by atoms with Crippen LogP contribution in [0, 0.1) is 0 Å². The average Bonchev–Trinajstić information content (AvgIpc) is 2.61. The van der Waals surface area contributed by atoms with E-state index in [1.165, 1.54) is 12.1 Å². The molecule has 3 nitrogen and oxygen atoms in total. The molecule has 0 aliphatic carbocycles. The predicted octanol–water partition coefficient (Wildman–Crippen LogP) is 4.60. The fourth-order valence-corrected chi connectivity index (χ4v) is 2.94. The maximum absolute atomic E-state index is 13.0. The van der Waals surface area contributed by atoms with Gasteiger partial charge in [-0.3, -0.25) is 0 Å². The molecule has 0 spiro atoms. The summed E-state index contributed by atoms with van der Waals surface area (Å²) in [4.78, 5) is 0. The molecule has 25 heavy (non-hydrogen) atoms. The molecule has 1 aliphatic rings. The van der Waals surface area contributed by atoms with Gasteiger partial charge in [0.15, 0.2) is 0 Å². The average molecular weight is 372 g/mol. The van der Waals surface area contributed by atoms with E-state index in [4.69, 9.17) is 21.1 Å². The summed E-state index contributed by atoms with van der Waals surface area (Å²) in [5, 5.41) is 3.57. The Labute approximate surface area is 148 Å². The summed E-state index contributed by atoms with van der Waals surface area (Å²) in [5.74, 6) is 0.339. The van der Waals surface area contributed by atoms with E-state index in [9.17, 15) is 13.2 Å². The van der Waals surface area contributed by atoms with Gasteiger partial charge in [0.2, 0.25) is 0 Å². The molecule has 0 aromatic heterocycles. The number of halogens is 4. The lowest BCUT2D eigenvalue weighted by molar-refractivity contribution is -0.138. The van der Waals surface area contributed by atoms with Crippen molar-refractivity contribution in [2.45, 2.75) is 18.9 Å². The second-order valence-corrected chi connectivity index (χ2v) is 6.10. The molecule has 0 radical (unpaired) electrons. The summed E-state index contributed by atoms with van der Waals surface area (Å²) in [6.45, 7) is 1.91. The smallest absolute Gasteiger partial charge is 0.416 e. The Kier molecular flexibility index (Phi) is 5.51. The summed E-state index contributed by atoms with van der Waals surface area (Å²) in [6, 6.07) is 10.5. The lowest BCUT2D eigenvalue weighted by Gasteiger charge is -2.24. The van der Waals surface area contributed by atoms with Crippen molar-refractivity contribution in [3.63, 3.8) is 0 Å². The Morgan fingerprint density at radius 3 is 2.68 bits per heavy atom. The molecule has 7 heteroatoms. The van der Waals surface area contributed by atoms with E-state index < -0.39 is 11.7 Å². The molecule has 0 amide bonds. The number of hydrogen-bond donors (Lipinski definition) is 1. The van der Waals surface area contributed by atoms with Crippen LogP contribution in [0.1, 0.15) is 22.8 Å². The maximum Gasteiger partial charge on any atom is 0.416 e. The van der Waals surface area contributed by atoms with Crippen molar-refractivity contribution < 1.29 is 22.6 Å². The molecule has 1 fully saturated rings. The molecule has 0 unspecified atom stereocenters. The monoisotopic (exact) mass is 371 g/mol. The minimum atomic E-state index is -4.42. The summed E-state index contributed by atoms with van der Waals surface area (Å²) >= 11 is 6.22. The van der Waals surface area contributed by atoms with E-state index >= 15 is 0 Å². The third-order valence-corrected chi connectivity index (χ3v) is 4.26. The van der Waals surface area contributed by atoms with Crippen molar-refractivity contribution in [2.75, 3.05) is 19.7 Å². The number of rotatable bonds is 4. The van der Waals surface area contributed by atoms with Crippen molar-refractivity contribution in [3.8, 4) is 5.75 Å². The van der Waals surface area contributed by atoms with Crippen LogP contribution >= 0.6 is 11.6 Å². The highest BCUT2D eigenvalue weighted by Crippen LogP contribution is 2.34. The van der Waals surface area contributed by atoms with Crippen LogP contribution in [0.3, 0.4) is 0 Å². The third kappa shape index (κ3) is 4.45. The molecule has 1 saturated heterocycles. The molecule has 1 heterocycles. The normalized spacial score (nSPS) is 18.2. The van der Waals surface area contributed by atoms with Crippen LogP contribution in [0.2, 0.25) is 5.02 Å². The van der Waals surface area contributed by atoms with Gasteiger partial charge in [-0.05, 0) is 23.8 Å². The molecule has 0 bridgehead atoms. The molecule has 3 rings (SSSR count). The van der Waals surface area contributed by atoms with Crippen molar-refractivity contribution in [1.29, 1.82) is 0 Å². The summed E-state index contributed by atoms with van der Waals surface area (Å²) in [6.07, 6.45) is -4.51. The first kappa shape index (κ1) is 18.0. The van der Waals surface area contributed by atoms with E-state index in [1.54, 1.807) is 18.2 Å². The van der Waals surface area contributed by atoms with Crippen LogP contribution in [-0.2, 0) is 17.5 Å². The molecular formula is C18H17ClF3NO2. The number of hydrogen-bond acceptors (Lipinski definition) is 3. The highest BCUT2D eigenvalue weighted by atomic mass is 35.5. The maximum atomic E-state index is 13.0. The number of alkyl halides is 3. The summed E-state index contributed by atoms with van der Waals surface area (Å²) in [7, 11) is 0. The molecule has 134 valence electrons. The summed E-state index contributed by atoms with van der Waals surface area (Å²) < 4.78 is 50.2. The first-order valence-electron chi connectivity index (χ1n) is 7.85. The second-order valence-electron chi connectivity index (χ2n) is 5.70. The van der Waals surface area contributed by atoms with Gasteiger partial charge >= 0.3 is 6.18 Å². The standard InChI is InChI=1S/C18H17ClF3NO2/c19-15-9-12(17-10-23-7-8-24-17)5-6-16(15)25-11-13-3-1-2-4-14(13)18(20,21)22/h1-6,9,17,23H,7-8,10-11H2/t17-/m1/s1. The minimum Gasteiger partial charge on any atom is -0.487 e. The van der Waals surface area contributed by atoms with Gasteiger partial charge in [0.05, 0.1) is 23.3 Å². The quantitative estimate of drug-likeness (QED) is 0.852. The number of nitrogens with one attached hydrogen (secondary N) is 1. The van der Waals surface area contributed by atoms with Gasteiger partial charge in [0.25, 0.3) is 0 Å². The van der Waals surface area contributed by atoms with E-state index in [0.717, 1.165) is 18.2 Å². The molecule has 2 aromatic rings. The molecule has 1 atom stereocenters. The van der Waals surface area contributed by atoms with Crippen LogP contribution < -0.4 is 10.1 Å². The molecule has 1 aliphatic heterocycles. The van der Waals surface area contributed by atoms with Gasteiger partial charge < -0.3 is 14.8 Å². The Morgan fingerprint density at radius 1 is 1.20 bits per heavy atom. The zero-order chi connectivity index (χ0) is 17.9. The van der Waals surface area contributed by atoms with Gasteiger partial charge in [0, 0.05) is 18.7 Å². The lowest BCUT2D eigenvalue weighted by atomic mass is 10.1. The molecule has 2 aromatic carbocycles. The summed E-state index contributed by atoms with van der Waals surface area (Å²) in [5.41, 5.74) is 0.264. The highest BCUT2D eigenvalue weighted by Gasteiger charge is 2.33. The van der Waals surface area contributed by atoms with Crippen LogP contribution in [-0.4, -0.2) is 19.7 Å². The Hall–Kier alpha value is -1.76. The van der Waals surface area contributed by atoms with E-state index in [2.05, 4.69) is 5.32 Å². The van der Waals surface area contributed by atoms with Gasteiger partial charge in [0.1, 0.15) is 12.4 Å². The van der Waals surface area contributed by atoms with Gasteiger partial charge in [-0.25, -0.2) is 0 Å². The Morgan fingerprint density at radius 2 is 2.00 bits per heavy atom. The lowest BCUT2D eigenvalue weighted by Crippen LogP contribution is -2.33. The Bertz CT molecular complexity index is 731. The first-order valence-corrected chi connectivity index (χ1v) is 8.22. The SMILES string of the molecule is FC(F)(F)c1ccccc1COc1ccc([C@H]2CNCCO2)cc1Cl. The number of benzene rings is 2. The minimum absolute atomic E-state index is 0.0648. The zero-order valence-corrected chi connectivity index (χ0v) is 14.0. The largest absolute Gasteiger partial charge is 0.487 e. The number of ether oxygens (including phenoxy) is 2. The first-order chi connectivity index (χ1) is 11.9. The van der Waals surface area contributed by atoms with E-state index in [1.807, 2.05) is 6.07 Å². The van der Waals surface area contributed by atoms with Gasteiger partial charge in [-0.15, -0.1) is 0 Å². The van der Waals surface area contributed by atoms with E-state index in [0.29, 0.717) is 23.9 Å². The number of morpholine rings is 1. The topological polar surface area (TPSA) is 30.5 Å². The highest BCUT2D eigenvalue weighted by molar-refractivity contribution is 6.32. The third-order valence-electron chi connectivity index (χ3n) is 3.96. The molecular weight excluding hydrogens is 355 g/mol.